The van der Waals surface area contributed by atoms with Gasteiger partial charge in [0.15, 0.2) is 16.6 Å². The van der Waals surface area contributed by atoms with Crippen molar-refractivity contribution in [1.82, 2.24) is 19.5 Å². The van der Waals surface area contributed by atoms with Crippen molar-refractivity contribution >= 4 is 28.7 Å². The molecule has 0 fully saturated rings. The van der Waals surface area contributed by atoms with Crippen LogP contribution in [0.5, 0.6) is 0 Å². The molecule has 2 heterocycles. The predicted molar refractivity (Wildman–Crippen MR) is 105 cm³/mol. The van der Waals surface area contributed by atoms with Gasteiger partial charge < -0.3 is 10.7 Å². The Morgan fingerprint density at radius 2 is 2.00 bits per heavy atom. The minimum atomic E-state index is -0.780. The maximum atomic E-state index is 12.5. The lowest BCUT2D eigenvalue weighted by Gasteiger charge is -2.11. The third-order valence-electron chi connectivity index (χ3n) is 3.98. The fourth-order valence-electron chi connectivity index (χ4n) is 2.53. The van der Waals surface area contributed by atoms with Crippen molar-refractivity contribution in [3.8, 4) is 6.07 Å². The van der Waals surface area contributed by atoms with Crippen LogP contribution in [0.1, 0.15) is 30.9 Å². The van der Waals surface area contributed by atoms with E-state index in [4.69, 9.17) is 11.0 Å². The van der Waals surface area contributed by atoms with Gasteiger partial charge in [-0.25, -0.2) is 9.97 Å². The van der Waals surface area contributed by atoms with Gasteiger partial charge in [-0.05, 0) is 24.1 Å². The number of anilines is 1. The SMILES string of the molecule is CCCCSc1nc(N)c2[nH]c(=O)c(=O)n(Cc3ccc(C#N)cc3)c2n1. The van der Waals surface area contributed by atoms with Crippen LogP contribution in [0.4, 0.5) is 5.82 Å². The van der Waals surface area contributed by atoms with E-state index in [2.05, 4.69) is 21.9 Å². The zero-order valence-electron chi connectivity index (χ0n) is 14.7. The minimum Gasteiger partial charge on any atom is -0.382 e. The molecule has 0 saturated carbocycles. The predicted octanol–water partition coefficient (Wildman–Crippen LogP) is 1.87. The van der Waals surface area contributed by atoms with E-state index in [0.29, 0.717) is 10.7 Å². The first kappa shape index (κ1) is 18.7. The summed E-state index contributed by atoms with van der Waals surface area (Å²) in [4.78, 5) is 35.6. The molecular weight excluding hydrogens is 364 g/mol. The van der Waals surface area contributed by atoms with Gasteiger partial charge in [0.2, 0.25) is 0 Å². The van der Waals surface area contributed by atoms with Crippen LogP contribution in [0.3, 0.4) is 0 Å². The van der Waals surface area contributed by atoms with Gasteiger partial charge in [-0.1, -0.05) is 37.2 Å². The highest BCUT2D eigenvalue weighted by molar-refractivity contribution is 7.99. The van der Waals surface area contributed by atoms with Crippen LogP contribution in [0, 0.1) is 11.3 Å². The van der Waals surface area contributed by atoms with Gasteiger partial charge in [0.1, 0.15) is 5.52 Å². The fraction of sp³-hybridized carbons (Fsp3) is 0.278. The monoisotopic (exact) mass is 382 g/mol. The summed E-state index contributed by atoms with van der Waals surface area (Å²) < 4.78 is 1.29. The highest BCUT2D eigenvalue weighted by atomic mass is 32.2. The fourth-order valence-corrected chi connectivity index (χ4v) is 3.46. The van der Waals surface area contributed by atoms with E-state index in [1.807, 2.05) is 6.07 Å². The van der Waals surface area contributed by atoms with E-state index < -0.39 is 11.1 Å². The normalized spacial score (nSPS) is 10.8. The number of nitrogens with zero attached hydrogens (tertiary/aromatic N) is 4. The molecule has 138 valence electrons. The summed E-state index contributed by atoms with van der Waals surface area (Å²) in [6.07, 6.45) is 2.06. The zero-order chi connectivity index (χ0) is 19.4. The summed E-state index contributed by atoms with van der Waals surface area (Å²) in [7, 11) is 0. The topological polar surface area (TPSA) is 130 Å². The number of nitriles is 1. The van der Waals surface area contributed by atoms with Crippen molar-refractivity contribution in [2.45, 2.75) is 31.5 Å². The molecule has 0 atom stereocenters. The molecule has 9 heteroatoms. The number of aromatic amines is 1. The number of thioether (sulfide) groups is 1. The molecule has 0 unspecified atom stereocenters. The molecule has 0 aliphatic carbocycles. The molecule has 2 aromatic heterocycles. The molecular formula is C18H18N6O2S. The first-order valence-electron chi connectivity index (χ1n) is 8.45. The largest absolute Gasteiger partial charge is 0.382 e. The van der Waals surface area contributed by atoms with Crippen molar-refractivity contribution in [3.05, 3.63) is 56.1 Å². The molecule has 1 aromatic carbocycles. The van der Waals surface area contributed by atoms with Gasteiger partial charge in [-0.15, -0.1) is 0 Å². The number of fused-ring (bicyclic) bond motifs is 1. The second kappa shape index (κ2) is 8.05. The molecule has 8 nitrogen and oxygen atoms in total. The Morgan fingerprint density at radius 1 is 1.26 bits per heavy atom. The van der Waals surface area contributed by atoms with Crippen molar-refractivity contribution in [2.24, 2.45) is 0 Å². The van der Waals surface area contributed by atoms with Gasteiger partial charge in [0.05, 0.1) is 18.2 Å². The lowest BCUT2D eigenvalue weighted by Crippen LogP contribution is -2.37. The number of rotatable bonds is 6. The number of H-pyrrole nitrogens is 1. The summed E-state index contributed by atoms with van der Waals surface area (Å²) in [6.45, 7) is 2.23. The van der Waals surface area contributed by atoms with E-state index in [-0.39, 0.29) is 23.5 Å². The highest BCUT2D eigenvalue weighted by Gasteiger charge is 2.14. The number of hydrogen-bond donors (Lipinski definition) is 2. The molecule has 0 aliphatic rings. The third-order valence-corrected chi connectivity index (χ3v) is 4.92. The first-order valence-corrected chi connectivity index (χ1v) is 9.44. The van der Waals surface area contributed by atoms with Crippen LogP contribution in [-0.4, -0.2) is 25.3 Å². The molecule has 0 radical (unpaired) electrons. The van der Waals surface area contributed by atoms with E-state index in [0.717, 1.165) is 24.2 Å². The average molecular weight is 382 g/mol. The van der Waals surface area contributed by atoms with E-state index in [9.17, 15) is 9.59 Å². The number of hydrogen-bond acceptors (Lipinski definition) is 7. The minimum absolute atomic E-state index is 0.129. The second-order valence-corrected chi connectivity index (χ2v) is 7.01. The van der Waals surface area contributed by atoms with E-state index in [1.165, 1.54) is 16.3 Å². The summed E-state index contributed by atoms with van der Waals surface area (Å²) in [5, 5.41) is 9.37. The third kappa shape index (κ3) is 4.01. The Balaban J connectivity index is 2.10. The van der Waals surface area contributed by atoms with Crippen LogP contribution in [0.25, 0.3) is 11.2 Å². The summed E-state index contributed by atoms with van der Waals surface area (Å²) in [5.41, 5.74) is 6.31. The van der Waals surface area contributed by atoms with E-state index in [1.54, 1.807) is 24.3 Å². The van der Waals surface area contributed by atoms with Crippen molar-refractivity contribution in [1.29, 1.82) is 5.26 Å². The number of unbranched alkanes of at least 4 members (excludes halogenated alkanes) is 1. The van der Waals surface area contributed by atoms with Crippen LogP contribution < -0.4 is 16.9 Å². The van der Waals surface area contributed by atoms with Gasteiger partial charge >= 0.3 is 11.1 Å². The van der Waals surface area contributed by atoms with E-state index >= 15 is 0 Å². The molecule has 0 saturated heterocycles. The van der Waals surface area contributed by atoms with Crippen molar-refractivity contribution in [2.75, 3.05) is 11.5 Å². The van der Waals surface area contributed by atoms with Gasteiger partial charge in [0.25, 0.3) is 0 Å². The average Bonchev–Trinajstić information content (AvgIpc) is 2.67. The molecule has 0 spiro atoms. The zero-order valence-corrected chi connectivity index (χ0v) is 15.5. The molecule has 0 amide bonds. The number of nitrogens with two attached hydrogens (primary N) is 1. The standard InChI is InChI=1S/C18H18N6O2S/c1-2-3-8-27-18-22-14(20)13-15(23-18)24(17(26)16(25)21-13)10-12-6-4-11(9-19)5-7-12/h4-7H,2-3,8,10H2,1H3,(H,21,25)(H2,20,22,23). The Morgan fingerprint density at radius 3 is 2.67 bits per heavy atom. The maximum absolute atomic E-state index is 12.5. The van der Waals surface area contributed by atoms with Crippen LogP contribution in [0.15, 0.2) is 39.0 Å². The lowest BCUT2D eigenvalue weighted by atomic mass is 10.1. The lowest BCUT2D eigenvalue weighted by molar-refractivity contribution is 0.754. The highest BCUT2D eigenvalue weighted by Crippen LogP contribution is 2.21. The van der Waals surface area contributed by atoms with Crippen LogP contribution >= 0.6 is 11.8 Å². The Hall–Kier alpha value is -3.12. The number of nitrogens with one attached hydrogen (secondary N) is 1. The smallest absolute Gasteiger partial charge is 0.318 e. The van der Waals surface area contributed by atoms with Crippen LogP contribution in [-0.2, 0) is 6.54 Å². The number of nitrogen functional groups attached to an aromatic ring is 1. The molecule has 3 N–H and O–H groups in total. The first-order chi connectivity index (χ1) is 13.0. The summed E-state index contributed by atoms with van der Waals surface area (Å²) in [6, 6.07) is 8.83. The van der Waals surface area contributed by atoms with Gasteiger partial charge in [-0.2, -0.15) is 5.26 Å². The maximum Gasteiger partial charge on any atom is 0.318 e. The Labute approximate surface area is 159 Å². The molecule has 0 aliphatic heterocycles. The molecule has 0 bridgehead atoms. The summed E-state index contributed by atoms with van der Waals surface area (Å²) in [5.74, 6) is 0.967. The summed E-state index contributed by atoms with van der Waals surface area (Å²) >= 11 is 1.46. The van der Waals surface area contributed by atoms with Gasteiger partial charge in [0, 0.05) is 5.75 Å². The molecule has 27 heavy (non-hydrogen) atoms. The Kier molecular flexibility index (Phi) is 5.57. The second-order valence-electron chi connectivity index (χ2n) is 5.95. The van der Waals surface area contributed by atoms with Gasteiger partial charge in [-0.3, -0.25) is 14.2 Å². The van der Waals surface area contributed by atoms with Crippen LogP contribution in [0.2, 0.25) is 0 Å². The molecule has 3 aromatic rings. The van der Waals surface area contributed by atoms with Crippen molar-refractivity contribution < 1.29 is 0 Å². The number of aromatic nitrogens is 4. The quantitative estimate of drug-likeness (QED) is 0.288. The molecule has 3 rings (SSSR count). The van der Waals surface area contributed by atoms with Crippen molar-refractivity contribution in [3.63, 3.8) is 0 Å². The number of benzene rings is 1. The Bertz CT molecular complexity index is 1130.